The van der Waals surface area contributed by atoms with Gasteiger partial charge in [0, 0.05) is 6.42 Å². The highest BCUT2D eigenvalue weighted by Crippen LogP contribution is 2.09. The third-order valence-electron chi connectivity index (χ3n) is 0.743. The summed E-state index contributed by atoms with van der Waals surface area (Å²) in [5.74, 6) is -0.168. The molecular weight excluding hydrogens is 107 g/mol. The van der Waals surface area contributed by atoms with Gasteiger partial charge in [0.25, 0.3) is 0 Å². The van der Waals surface area contributed by atoms with Crippen molar-refractivity contribution in [2.24, 2.45) is 5.92 Å². The fourth-order valence-electron chi connectivity index (χ4n) is 0.443. The number of aliphatic hydroxyl groups excluding tert-OH is 1. The van der Waals surface area contributed by atoms with Crippen LogP contribution in [-0.2, 0) is 0 Å². The van der Waals surface area contributed by atoms with Crippen molar-refractivity contribution < 1.29 is 9.50 Å². The van der Waals surface area contributed by atoms with Gasteiger partial charge in [0.1, 0.15) is 12.1 Å². The molecule has 0 aromatic rings. The zero-order valence-electron chi connectivity index (χ0n) is 5.19. The molecule has 0 spiro atoms. The molecule has 0 heterocycles. The standard InChI is InChI=1S/C6H11FO/c1-5(2)3-6(7)4-8/h4-5,8H,3H2,1-2H3. The zero-order chi connectivity index (χ0) is 6.57. The second-order valence-corrected chi connectivity index (χ2v) is 2.17. The molecule has 0 amide bonds. The van der Waals surface area contributed by atoms with E-state index in [1.165, 1.54) is 0 Å². The van der Waals surface area contributed by atoms with Crippen LogP contribution in [0.2, 0.25) is 0 Å². The number of allylic oxidation sites excluding steroid dienone is 1. The zero-order valence-corrected chi connectivity index (χ0v) is 5.19. The molecule has 0 bridgehead atoms. The molecule has 48 valence electrons. The van der Waals surface area contributed by atoms with Gasteiger partial charge in [0.05, 0.1) is 0 Å². The van der Waals surface area contributed by atoms with Gasteiger partial charge in [0.2, 0.25) is 0 Å². The lowest BCUT2D eigenvalue weighted by atomic mass is 10.1. The molecule has 0 saturated carbocycles. The maximum absolute atomic E-state index is 12.0. The molecule has 0 atom stereocenters. The Morgan fingerprint density at radius 1 is 1.75 bits per heavy atom. The molecular formula is C6H11FO. The molecule has 0 unspecified atom stereocenters. The average Bonchev–Trinajstić information content (AvgIpc) is 1.65. The normalized spacial score (nSPS) is 12.8. The van der Waals surface area contributed by atoms with Crippen molar-refractivity contribution >= 4 is 0 Å². The topological polar surface area (TPSA) is 20.2 Å². The van der Waals surface area contributed by atoms with Gasteiger partial charge in [-0.2, -0.15) is 0 Å². The Morgan fingerprint density at radius 3 is 2.38 bits per heavy atom. The van der Waals surface area contributed by atoms with Crippen LogP contribution in [0.3, 0.4) is 0 Å². The van der Waals surface area contributed by atoms with Crippen LogP contribution in [-0.4, -0.2) is 5.11 Å². The van der Waals surface area contributed by atoms with Crippen LogP contribution in [0, 0.1) is 5.92 Å². The number of hydrogen-bond donors (Lipinski definition) is 1. The van der Waals surface area contributed by atoms with Gasteiger partial charge in [-0.05, 0) is 5.92 Å². The summed E-state index contributed by atoms with van der Waals surface area (Å²) in [6.45, 7) is 3.78. The summed E-state index contributed by atoms with van der Waals surface area (Å²) in [4.78, 5) is 0. The summed E-state index contributed by atoms with van der Waals surface area (Å²) in [5.41, 5.74) is 0. The fourth-order valence-corrected chi connectivity index (χ4v) is 0.443. The van der Waals surface area contributed by atoms with Crippen LogP contribution >= 0.6 is 0 Å². The van der Waals surface area contributed by atoms with Crippen LogP contribution in [0.15, 0.2) is 12.1 Å². The Hall–Kier alpha value is -0.530. The van der Waals surface area contributed by atoms with Crippen LogP contribution in [0.5, 0.6) is 0 Å². The van der Waals surface area contributed by atoms with Crippen molar-refractivity contribution in [3.05, 3.63) is 12.1 Å². The first-order valence-corrected chi connectivity index (χ1v) is 2.65. The van der Waals surface area contributed by atoms with Gasteiger partial charge < -0.3 is 5.11 Å². The molecule has 0 saturated heterocycles. The monoisotopic (exact) mass is 118 g/mol. The Morgan fingerprint density at radius 2 is 2.25 bits per heavy atom. The van der Waals surface area contributed by atoms with Crippen molar-refractivity contribution in [2.45, 2.75) is 20.3 Å². The summed E-state index contributed by atoms with van der Waals surface area (Å²) in [6, 6.07) is 0. The van der Waals surface area contributed by atoms with E-state index in [0.717, 1.165) is 0 Å². The van der Waals surface area contributed by atoms with E-state index in [1.807, 2.05) is 13.8 Å². The molecule has 0 aliphatic rings. The SMILES string of the molecule is CC(C)CC(F)=CO. The highest BCUT2D eigenvalue weighted by molar-refractivity contribution is 4.84. The van der Waals surface area contributed by atoms with Crippen molar-refractivity contribution in [2.75, 3.05) is 0 Å². The molecule has 2 heteroatoms. The van der Waals surface area contributed by atoms with E-state index in [4.69, 9.17) is 5.11 Å². The van der Waals surface area contributed by atoms with Crippen LogP contribution in [0.4, 0.5) is 4.39 Å². The van der Waals surface area contributed by atoms with Crippen LogP contribution in [0.1, 0.15) is 20.3 Å². The summed E-state index contributed by atoms with van der Waals surface area (Å²) < 4.78 is 12.0. The van der Waals surface area contributed by atoms with E-state index in [0.29, 0.717) is 12.7 Å². The van der Waals surface area contributed by atoms with E-state index in [9.17, 15) is 4.39 Å². The van der Waals surface area contributed by atoms with Crippen LogP contribution < -0.4 is 0 Å². The van der Waals surface area contributed by atoms with E-state index in [2.05, 4.69) is 0 Å². The van der Waals surface area contributed by atoms with E-state index < -0.39 is 5.83 Å². The first-order chi connectivity index (χ1) is 3.66. The van der Waals surface area contributed by atoms with Crippen LogP contribution in [0.25, 0.3) is 0 Å². The lowest BCUT2D eigenvalue weighted by Gasteiger charge is -1.97. The molecule has 0 rings (SSSR count). The Labute approximate surface area is 48.8 Å². The Kier molecular flexibility index (Phi) is 3.24. The summed E-state index contributed by atoms with van der Waals surface area (Å²) >= 11 is 0. The second kappa shape index (κ2) is 3.47. The molecule has 0 fully saturated rings. The summed E-state index contributed by atoms with van der Waals surface area (Å²) in [5, 5.41) is 8.05. The first kappa shape index (κ1) is 7.47. The highest BCUT2D eigenvalue weighted by Gasteiger charge is 1.97. The van der Waals surface area contributed by atoms with Gasteiger partial charge >= 0.3 is 0 Å². The van der Waals surface area contributed by atoms with E-state index in [-0.39, 0.29) is 5.92 Å². The van der Waals surface area contributed by atoms with Crippen molar-refractivity contribution in [1.82, 2.24) is 0 Å². The minimum Gasteiger partial charge on any atom is -0.513 e. The molecule has 1 nitrogen and oxygen atoms in total. The Bertz CT molecular complexity index is 86.5. The lowest BCUT2D eigenvalue weighted by molar-refractivity contribution is 0.416. The molecule has 1 N–H and O–H groups in total. The minimum absolute atomic E-state index is 0.276. The number of halogens is 1. The number of rotatable bonds is 2. The van der Waals surface area contributed by atoms with E-state index >= 15 is 0 Å². The number of hydrogen-bond acceptors (Lipinski definition) is 1. The predicted octanol–water partition coefficient (Wildman–Crippen LogP) is 2.40. The summed E-state index contributed by atoms with van der Waals surface area (Å²) in [6.07, 6.45) is 0.844. The largest absolute Gasteiger partial charge is 0.513 e. The third-order valence-corrected chi connectivity index (χ3v) is 0.743. The molecule has 0 aliphatic carbocycles. The first-order valence-electron chi connectivity index (χ1n) is 2.65. The fraction of sp³-hybridized carbons (Fsp3) is 0.667. The summed E-state index contributed by atoms with van der Waals surface area (Å²) in [7, 11) is 0. The molecule has 8 heavy (non-hydrogen) atoms. The van der Waals surface area contributed by atoms with E-state index in [1.54, 1.807) is 0 Å². The maximum Gasteiger partial charge on any atom is 0.134 e. The highest BCUT2D eigenvalue weighted by atomic mass is 19.1. The Balaban J connectivity index is 3.39. The van der Waals surface area contributed by atoms with Crippen molar-refractivity contribution in [3.63, 3.8) is 0 Å². The molecule has 0 aromatic carbocycles. The van der Waals surface area contributed by atoms with Gasteiger partial charge in [-0.25, -0.2) is 4.39 Å². The second-order valence-electron chi connectivity index (χ2n) is 2.17. The van der Waals surface area contributed by atoms with Gasteiger partial charge in [-0.1, -0.05) is 13.8 Å². The number of aliphatic hydroxyl groups is 1. The van der Waals surface area contributed by atoms with Crippen molar-refractivity contribution in [1.29, 1.82) is 0 Å². The van der Waals surface area contributed by atoms with Crippen molar-refractivity contribution in [3.8, 4) is 0 Å². The minimum atomic E-state index is -0.444. The predicted molar refractivity (Wildman–Crippen MR) is 31.3 cm³/mol. The van der Waals surface area contributed by atoms with Gasteiger partial charge in [-0.15, -0.1) is 0 Å². The molecule has 0 aliphatic heterocycles. The lowest BCUT2D eigenvalue weighted by Crippen LogP contribution is -1.85. The average molecular weight is 118 g/mol. The quantitative estimate of drug-likeness (QED) is 0.552. The maximum atomic E-state index is 12.0. The molecule has 0 radical (unpaired) electrons. The van der Waals surface area contributed by atoms with Gasteiger partial charge in [0.15, 0.2) is 0 Å². The third kappa shape index (κ3) is 3.65. The van der Waals surface area contributed by atoms with Gasteiger partial charge in [-0.3, -0.25) is 0 Å². The smallest absolute Gasteiger partial charge is 0.134 e. The molecule has 0 aromatic heterocycles.